The molecule has 0 fully saturated rings. The molecule has 0 aliphatic carbocycles. The van der Waals surface area contributed by atoms with Gasteiger partial charge < -0.3 is 5.32 Å². The van der Waals surface area contributed by atoms with E-state index in [1.165, 1.54) is 6.08 Å². The normalized spacial score (nSPS) is 11.1. The average molecular weight is 423 g/mol. The molecule has 3 rings (SSSR count). The van der Waals surface area contributed by atoms with Gasteiger partial charge in [-0.1, -0.05) is 53.6 Å². The van der Waals surface area contributed by atoms with Gasteiger partial charge in [-0.2, -0.15) is 0 Å². The number of aromatic nitrogens is 1. The molecule has 0 spiro atoms. The van der Waals surface area contributed by atoms with Crippen LogP contribution in [0, 0.1) is 0 Å². The van der Waals surface area contributed by atoms with E-state index in [1.807, 2.05) is 18.2 Å². The standard InChI is InChI=1S/C23H16Cl2N2O2/c24-20-10-9-19(15-21(20)25)27-23(29)18-7-5-17(6-8-18)22(28)4-2-1-3-16-11-13-26-14-12-16/h1-15H,(H,27,29)/b3-1+,4-2+. The quantitative estimate of drug-likeness (QED) is 0.296. The molecule has 1 amide bonds. The van der Waals surface area contributed by atoms with E-state index in [0.717, 1.165) is 5.56 Å². The van der Waals surface area contributed by atoms with Gasteiger partial charge in [-0.25, -0.2) is 0 Å². The third kappa shape index (κ3) is 5.88. The Morgan fingerprint density at radius 3 is 2.21 bits per heavy atom. The van der Waals surface area contributed by atoms with Crippen LogP contribution in [0.3, 0.4) is 0 Å². The third-order valence-electron chi connectivity index (χ3n) is 3.96. The molecule has 3 aromatic rings. The molecule has 0 saturated heterocycles. The molecule has 1 aromatic heterocycles. The lowest BCUT2D eigenvalue weighted by Gasteiger charge is -2.07. The Bertz CT molecular complexity index is 1080. The Labute approximate surface area is 178 Å². The molecule has 4 nitrogen and oxygen atoms in total. The molecule has 0 unspecified atom stereocenters. The maximum absolute atomic E-state index is 12.3. The van der Waals surface area contributed by atoms with Crippen LogP contribution in [0.1, 0.15) is 26.3 Å². The van der Waals surface area contributed by atoms with Gasteiger partial charge in [0.15, 0.2) is 5.78 Å². The molecule has 0 aliphatic rings. The van der Waals surface area contributed by atoms with Crippen LogP contribution in [0.25, 0.3) is 6.08 Å². The van der Waals surface area contributed by atoms with E-state index in [4.69, 9.17) is 23.2 Å². The Morgan fingerprint density at radius 2 is 1.52 bits per heavy atom. The number of allylic oxidation sites excluding steroid dienone is 3. The van der Waals surface area contributed by atoms with Crippen molar-refractivity contribution in [2.45, 2.75) is 0 Å². The van der Waals surface area contributed by atoms with Crippen molar-refractivity contribution >= 4 is 46.7 Å². The van der Waals surface area contributed by atoms with Crippen LogP contribution in [-0.2, 0) is 0 Å². The molecule has 6 heteroatoms. The molecule has 1 N–H and O–H groups in total. The van der Waals surface area contributed by atoms with Crippen molar-refractivity contribution in [3.05, 3.63) is 112 Å². The minimum Gasteiger partial charge on any atom is -0.322 e. The van der Waals surface area contributed by atoms with E-state index in [2.05, 4.69) is 10.3 Å². The zero-order chi connectivity index (χ0) is 20.6. The van der Waals surface area contributed by atoms with Crippen molar-refractivity contribution in [1.29, 1.82) is 0 Å². The second-order valence-electron chi connectivity index (χ2n) is 6.02. The predicted octanol–water partition coefficient (Wildman–Crippen LogP) is 6.09. The van der Waals surface area contributed by atoms with Crippen LogP contribution in [0.15, 0.2) is 85.2 Å². The van der Waals surface area contributed by atoms with E-state index in [0.29, 0.717) is 26.9 Å². The van der Waals surface area contributed by atoms with Crippen LogP contribution >= 0.6 is 23.2 Å². The summed E-state index contributed by atoms with van der Waals surface area (Å²) >= 11 is 11.8. The molecule has 0 atom stereocenters. The summed E-state index contributed by atoms with van der Waals surface area (Å²) in [7, 11) is 0. The number of pyridine rings is 1. The van der Waals surface area contributed by atoms with Crippen LogP contribution in [0.4, 0.5) is 5.69 Å². The molecule has 0 bridgehead atoms. The molecule has 0 saturated carbocycles. The summed E-state index contributed by atoms with van der Waals surface area (Å²) in [5.41, 5.74) is 2.45. The molecular weight excluding hydrogens is 407 g/mol. The fourth-order valence-electron chi connectivity index (χ4n) is 2.44. The van der Waals surface area contributed by atoms with E-state index in [1.54, 1.807) is 67.0 Å². The third-order valence-corrected chi connectivity index (χ3v) is 4.70. The highest BCUT2D eigenvalue weighted by molar-refractivity contribution is 6.42. The number of anilines is 1. The lowest BCUT2D eigenvalue weighted by Crippen LogP contribution is -2.12. The van der Waals surface area contributed by atoms with E-state index >= 15 is 0 Å². The first-order chi connectivity index (χ1) is 14.0. The largest absolute Gasteiger partial charge is 0.322 e. The number of halogens is 2. The Balaban J connectivity index is 1.60. The first kappa shape index (κ1) is 20.5. The number of hydrogen-bond acceptors (Lipinski definition) is 3. The second kappa shape index (κ2) is 9.82. The van der Waals surface area contributed by atoms with Crippen LogP contribution in [0.2, 0.25) is 10.0 Å². The number of nitrogens with one attached hydrogen (secondary N) is 1. The van der Waals surface area contributed by atoms with Crippen LogP contribution < -0.4 is 5.32 Å². The monoisotopic (exact) mass is 422 g/mol. The van der Waals surface area contributed by atoms with Gasteiger partial charge in [-0.05, 0) is 54.1 Å². The summed E-state index contributed by atoms with van der Waals surface area (Å²) in [6, 6.07) is 15.0. The van der Waals surface area contributed by atoms with Gasteiger partial charge in [0.25, 0.3) is 5.91 Å². The molecule has 1 heterocycles. The average Bonchev–Trinajstić information content (AvgIpc) is 2.74. The summed E-state index contributed by atoms with van der Waals surface area (Å²) in [4.78, 5) is 28.5. The van der Waals surface area contributed by atoms with Gasteiger partial charge in [-0.15, -0.1) is 0 Å². The summed E-state index contributed by atoms with van der Waals surface area (Å²) in [6.07, 6.45) is 10.2. The lowest BCUT2D eigenvalue weighted by atomic mass is 10.1. The van der Waals surface area contributed by atoms with Crippen molar-refractivity contribution in [3.63, 3.8) is 0 Å². The van der Waals surface area contributed by atoms with E-state index in [-0.39, 0.29) is 11.7 Å². The fraction of sp³-hybridized carbons (Fsp3) is 0. The smallest absolute Gasteiger partial charge is 0.255 e. The van der Waals surface area contributed by atoms with Crippen LogP contribution in [0.5, 0.6) is 0 Å². The van der Waals surface area contributed by atoms with Gasteiger partial charge in [0, 0.05) is 29.2 Å². The number of amides is 1. The van der Waals surface area contributed by atoms with E-state index in [9.17, 15) is 9.59 Å². The molecule has 2 aromatic carbocycles. The Kier molecular flexibility index (Phi) is 6.95. The predicted molar refractivity (Wildman–Crippen MR) is 118 cm³/mol. The number of benzene rings is 2. The first-order valence-corrected chi connectivity index (χ1v) is 9.44. The zero-order valence-corrected chi connectivity index (χ0v) is 16.7. The van der Waals surface area contributed by atoms with Crippen molar-refractivity contribution in [1.82, 2.24) is 4.98 Å². The minimum absolute atomic E-state index is 0.152. The Hall–Kier alpha value is -3.21. The summed E-state index contributed by atoms with van der Waals surface area (Å²) in [5.74, 6) is -0.459. The maximum atomic E-state index is 12.3. The first-order valence-electron chi connectivity index (χ1n) is 8.68. The van der Waals surface area contributed by atoms with Crippen LogP contribution in [-0.4, -0.2) is 16.7 Å². The molecular formula is C23H16Cl2N2O2. The Morgan fingerprint density at radius 1 is 0.828 bits per heavy atom. The molecule has 144 valence electrons. The van der Waals surface area contributed by atoms with Crippen molar-refractivity contribution in [3.8, 4) is 0 Å². The highest BCUT2D eigenvalue weighted by Gasteiger charge is 2.09. The summed E-state index contributed by atoms with van der Waals surface area (Å²) in [5, 5.41) is 3.51. The summed E-state index contributed by atoms with van der Waals surface area (Å²) in [6.45, 7) is 0. The topological polar surface area (TPSA) is 59.1 Å². The lowest BCUT2D eigenvalue weighted by molar-refractivity contribution is 0.102. The fourth-order valence-corrected chi connectivity index (χ4v) is 2.74. The summed E-state index contributed by atoms with van der Waals surface area (Å²) < 4.78 is 0. The second-order valence-corrected chi connectivity index (χ2v) is 6.84. The number of nitrogens with zero attached hydrogens (tertiary/aromatic N) is 1. The number of ketones is 1. The van der Waals surface area contributed by atoms with E-state index < -0.39 is 0 Å². The molecule has 0 radical (unpaired) electrons. The highest BCUT2D eigenvalue weighted by atomic mass is 35.5. The highest BCUT2D eigenvalue weighted by Crippen LogP contribution is 2.25. The number of hydrogen-bond donors (Lipinski definition) is 1. The number of rotatable bonds is 6. The number of carbonyl (C=O) groups excluding carboxylic acids is 2. The van der Waals surface area contributed by atoms with Gasteiger partial charge >= 0.3 is 0 Å². The van der Waals surface area contributed by atoms with Gasteiger partial charge in [-0.3, -0.25) is 14.6 Å². The molecule has 0 aliphatic heterocycles. The zero-order valence-electron chi connectivity index (χ0n) is 15.2. The SMILES string of the molecule is O=C(/C=C/C=C/c1ccncc1)c1ccc(C(=O)Nc2ccc(Cl)c(Cl)c2)cc1. The minimum atomic E-state index is -0.307. The molecule has 29 heavy (non-hydrogen) atoms. The number of carbonyl (C=O) groups is 2. The van der Waals surface area contributed by atoms with Crippen molar-refractivity contribution in [2.75, 3.05) is 5.32 Å². The van der Waals surface area contributed by atoms with Gasteiger partial charge in [0.05, 0.1) is 10.0 Å². The van der Waals surface area contributed by atoms with Crippen molar-refractivity contribution in [2.24, 2.45) is 0 Å². The van der Waals surface area contributed by atoms with Gasteiger partial charge in [0.1, 0.15) is 0 Å². The maximum Gasteiger partial charge on any atom is 0.255 e. The van der Waals surface area contributed by atoms with Crippen molar-refractivity contribution < 1.29 is 9.59 Å². The van der Waals surface area contributed by atoms with Gasteiger partial charge in [0.2, 0.25) is 0 Å².